The fourth-order valence-corrected chi connectivity index (χ4v) is 4.93. The Kier molecular flexibility index (Phi) is 5.98. The summed E-state index contributed by atoms with van der Waals surface area (Å²) in [6, 6.07) is 11.0. The summed E-state index contributed by atoms with van der Waals surface area (Å²) in [5.74, 6) is -1.20. The van der Waals surface area contributed by atoms with E-state index >= 15 is 0 Å². The molecule has 144 valence electrons. The maximum absolute atomic E-state index is 14.2. The first-order valence-electron chi connectivity index (χ1n) is 8.58. The second-order valence-corrected chi connectivity index (χ2v) is 9.37. The number of carbonyl (C=O) groups is 1. The Morgan fingerprint density at radius 3 is 2.41 bits per heavy atom. The molecular formula is C19H20BrFN2O3S. The fraction of sp³-hybridized carbons (Fsp3) is 0.316. The Bertz CT molecular complexity index is 942. The van der Waals surface area contributed by atoms with Crippen LogP contribution in [0.25, 0.3) is 0 Å². The van der Waals surface area contributed by atoms with Gasteiger partial charge >= 0.3 is 0 Å². The van der Waals surface area contributed by atoms with Crippen LogP contribution in [0.3, 0.4) is 0 Å². The molecule has 3 rings (SSSR count). The van der Waals surface area contributed by atoms with E-state index in [2.05, 4.69) is 15.9 Å². The van der Waals surface area contributed by atoms with Gasteiger partial charge in [0, 0.05) is 36.7 Å². The van der Waals surface area contributed by atoms with E-state index in [1.54, 1.807) is 7.05 Å². The SMILES string of the molecule is CN(Cc1ccc(Br)cc1)C(=O)c1ccc(F)c(S(=O)(=O)N2CCCC2)c1. The minimum absolute atomic E-state index is 0.147. The number of hydrogen-bond donors (Lipinski definition) is 0. The Balaban J connectivity index is 1.84. The maximum Gasteiger partial charge on any atom is 0.253 e. The van der Waals surface area contributed by atoms with Gasteiger partial charge < -0.3 is 4.90 Å². The molecule has 0 bridgehead atoms. The molecule has 1 aliphatic rings. The molecule has 0 aliphatic carbocycles. The third-order valence-electron chi connectivity index (χ3n) is 4.54. The minimum atomic E-state index is -3.93. The van der Waals surface area contributed by atoms with Crippen LogP contribution in [0.5, 0.6) is 0 Å². The molecule has 2 aromatic carbocycles. The van der Waals surface area contributed by atoms with Crippen LogP contribution in [0.1, 0.15) is 28.8 Å². The van der Waals surface area contributed by atoms with Crippen molar-refractivity contribution in [3.05, 3.63) is 63.9 Å². The standard InChI is InChI=1S/C19H20BrFN2O3S/c1-22(13-14-4-7-16(20)8-5-14)19(24)15-6-9-17(21)18(12-15)27(25,26)23-10-2-3-11-23/h4-9,12H,2-3,10-11,13H2,1H3. The van der Waals surface area contributed by atoms with E-state index in [1.165, 1.54) is 15.3 Å². The summed E-state index contributed by atoms with van der Waals surface area (Å²) in [5, 5.41) is 0. The Labute approximate surface area is 167 Å². The molecule has 1 saturated heterocycles. The van der Waals surface area contributed by atoms with Crippen LogP contribution < -0.4 is 0 Å². The second-order valence-electron chi connectivity index (χ2n) is 6.54. The van der Waals surface area contributed by atoms with Gasteiger partial charge in [-0.15, -0.1) is 0 Å². The molecule has 0 atom stereocenters. The highest BCUT2D eigenvalue weighted by atomic mass is 79.9. The molecule has 5 nitrogen and oxygen atoms in total. The van der Waals surface area contributed by atoms with Gasteiger partial charge in [0.2, 0.25) is 10.0 Å². The zero-order valence-corrected chi connectivity index (χ0v) is 17.3. The lowest BCUT2D eigenvalue weighted by atomic mass is 10.1. The lowest BCUT2D eigenvalue weighted by Crippen LogP contribution is -2.30. The first kappa shape index (κ1) is 20.0. The third kappa shape index (κ3) is 4.39. The number of hydrogen-bond acceptors (Lipinski definition) is 3. The zero-order valence-electron chi connectivity index (χ0n) is 14.9. The van der Waals surface area contributed by atoms with Crippen molar-refractivity contribution in [3.63, 3.8) is 0 Å². The summed E-state index contributed by atoms with van der Waals surface area (Å²) >= 11 is 3.36. The van der Waals surface area contributed by atoms with Crippen molar-refractivity contribution in [1.29, 1.82) is 0 Å². The number of sulfonamides is 1. The normalized spacial score (nSPS) is 15.1. The van der Waals surface area contributed by atoms with Gasteiger partial charge in [-0.3, -0.25) is 4.79 Å². The lowest BCUT2D eigenvalue weighted by Gasteiger charge is -2.19. The first-order chi connectivity index (χ1) is 12.8. The quantitative estimate of drug-likeness (QED) is 0.692. The summed E-state index contributed by atoms with van der Waals surface area (Å²) in [4.78, 5) is 13.8. The first-order valence-corrected chi connectivity index (χ1v) is 10.8. The molecule has 0 unspecified atom stereocenters. The van der Waals surface area contributed by atoms with E-state index in [0.717, 1.165) is 35.0 Å². The van der Waals surface area contributed by atoms with Crippen molar-refractivity contribution in [1.82, 2.24) is 9.21 Å². The highest BCUT2D eigenvalue weighted by molar-refractivity contribution is 9.10. The molecular weight excluding hydrogens is 435 g/mol. The molecule has 0 spiro atoms. The van der Waals surface area contributed by atoms with E-state index in [1.807, 2.05) is 24.3 Å². The summed E-state index contributed by atoms with van der Waals surface area (Å²) in [5.41, 5.74) is 1.08. The van der Waals surface area contributed by atoms with Crippen LogP contribution in [-0.4, -0.2) is 43.7 Å². The number of halogens is 2. The van der Waals surface area contributed by atoms with E-state index in [0.29, 0.717) is 19.6 Å². The van der Waals surface area contributed by atoms with Crippen LogP contribution in [0.2, 0.25) is 0 Å². The van der Waals surface area contributed by atoms with Crippen LogP contribution in [0.15, 0.2) is 51.8 Å². The smallest absolute Gasteiger partial charge is 0.253 e. The maximum atomic E-state index is 14.2. The number of nitrogens with zero attached hydrogens (tertiary/aromatic N) is 2. The molecule has 0 radical (unpaired) electrons. The fourth-order valence-electron chi connectivity index (χ4n) is 3.06. The summed E-state index contributed by atoms with van der Waals surface area (Å²) in [6.45, 7) is 1.12. The minimum Gasteiger partial charge on any atom is -0.337 e. The van der Waals surface area contributed by atoms with Gasteiger partial charge in [-0.25, -0.2) is 12.8 Å². The van der Waals surface area contributed by atoms with Crippen LogP contribution in [0.4, 0.5) is 4.39 Å². The molecule has 8 heteroatoms. The van der Waals surface area contributed by atoms with E-state index in [9.17, 15) is 17.6 Å². The third-order valence-corrected chi connectivity index (χ3v) is 6.98. The zero-order chi connectivity index (χ0) is 19.6. The average molecular weight is 455 g/mol. The van der Waals surface area contributed by atoms with Crippen molar-refractivity contribution in [2.75, 3.05) is 20.1 Å². The monoisotopic (exact) mass is 454 g/mol. The van der Waals surface area contributed by atoms with Gasteiger partial charge in [0.25, 0.3) is 5.91 Å². The van der Waals surface area contributed by atoms with Gasteiger partial charge in [-0.05, 0) is 48.7 Å². The van der Waals surface area contributed by atoms with Crippen LogP contribution >= 0.6 is 15.9 Å². The van der Waals surface area contributed by atoms with E-state index in [-0.39, 0.29) is 11.5 Å². The van der Waals surface area contributed by atoms with Gasteiger partial charge in [0.15, 0.2) is 0 Å². The second kappa shape index (κ2) is 8.08. The Hall–Kier alpha value is -1.77. The number of rotatable bonds is 5. The van der Waals surface area contributed by atoms with Gasteiger partial charge in [0.1, 0.15) is 10.7 Å². The molecule has 1 amide bonds. The molecule has 1 heterocycles. The van der Waals surface area contributed by atoms with Crippen molar-refractivity contribution in [2.45, 2.75) is 24.3 Å². The Morgan fingerprint density at radius 2 is 1.78 bits per heavy atom. The van der Waals surface area contributed by atoms with Gasteiger partial charge in [-0.1, -0.05) is 28.1 Å². The molecule has 0 N–H and O–H groups in total. The molecule has 0 saturated carbocycles. The van der Waals surface area contributed by atoms with Crippen molar-refractivity contribution >= 4 is 31.9 Å². The highest BCUT2D eigenvalue weighted by Crippen LogP contribution is 2.25. The summed E-state index contributed by atoms with van der Waals surface area (Å²) < 4.78 is 41.8. The number of benzene rings is 2. The molecule has 0 aromatic heterocycles. The van der Waals surface area contributed by atoms with Crippen LogP contribution in [-0.2, 0) is 16.6 Å². The highest BCUT2D eigenvalue weighted by Gasteiger charge is 2.30. The molecule has 27 heavy (non-hydrogen) atoms. The van der Waals surface area contributed by atoms with E-state index < -0.39 is 20.7 Å². The molecule has 1 fully saturated rings. The average Bonchev–Trinajstić information content (AvgIpc) is 3.19. The molecule has 1 aliphatic heterocycles. The predicted octanol–water partition coefficient (Wildman–Crippen LogP) is 3.64. The van der Waals surface area contributed by atoms with Crippen molar-refractivity contribution in [2.24, 2.45) is 0 Å². The van der Waals surface area contributed by atoms with Crippen molar-refractivity contribution < 1.29 is 17.6 Å². The predicted molar refractivity (Wildman–Crippen MR) is 104 cm³/mol. The summed E-state index contributed by atoms with van der Waals surface area (Å²) in [7, 11) is -2.31. The van der Waals surface area contributed by atoms with Gasteiger partial charge in [-0.2, -0.15) is 4.31 Å². The summed E-state index contributed by atoms with van der Waals surface area (Å²) in [6.07, 6.45) is 1.52. The number of carbonyl (C=O) groups excluding carboxylic acids is 1. The van der Waals surface area contributed by atoms with Crippen molar-refractivity contribution in [3.8, 4) is 0 Å². The molecule has 2 aromatic rings. The van der Waals surface area contributed by atoms with Gasteiger partial charge in [0.05, 0.1) is 0 Å². The topological polar surface area (TPSA) is 57.7 Å². The Morgan fingerprint density at radius 1 is 1.15 bits per heavy atom. The largest absolute Gasteiger partial charge is 0.337 e. The lowest BCUT2D eigenvalue weighted by molar-refractivity contribution is 0.0784. The van der Waals surface area contributed by atoms with E-state index in [4.69, 9.17) is 0 Å². The van der Waals surface area contributed by atoms with Crippen LogP contribution in [0, 0.1) is 5.82 Å². The number of amides is 1.